The SMILES string of the molecule is C[C@@H]1CC[C@@]2(NC1)O[C@H]1C[C@H]3[C@@H]4CC[C@H]5C[C@@H](O)CC[C@]5(C)[C@H]4CC[C@]3(C)[C@H]1[C@H]2C. The molecule has 4 saturated carbocycles. The molecule has 30 heavy (non-hydrogen) atoms. The summed E-state index contributed by atoms with van der Waals surface area (Å²) in [7, 11) is 0. The van der Waals surface area contributed by atoms with Gasteiger partial charge in [-0.1, -0.05) is 27.7 Å². The number of hydrogen-bond acceptors (Lipinski definition) is 3. The van der Waals surface area contributed by atoms with Gasteiger partial charge in [-0.15, -0.1) is 0 Å². The van der Waals surface area contributed by atoms with Gasteiger partial charge < -0.3 is 9.84 Å². The number of hydrogen-bond donors (Lipinski definition) is 2. The Morgan fingerprint density at radius 3 is 2.43 bits per heavy atom. The molecule has 0 bridgehead atoms. The fraction of sp³-hybridized carbons (Fsp3) is 1.00. The lowest BCUT2D eigenvalue weighted by Crippen LogP contribution is -2.57. The molecule has 2 aliphatic heterocycles. The molecule has 0 aromatic rings. The van der Waals surface area contributed by atoms with E-state index in [4.69, 9.17) is 4.74 Å². The van der Waals surface area contributed by atoms with E-state index < -0.39 is 0 Å². The first-order chi connectivity index (χ1) is 14.3. The molecule has 3 heteroatoms. The van der Waals surface area contributed by atoms with E-state index in [1.807, 2.05) is 0 Å². The Kier molecular flexibility index (Phi) is 4.58. The minimum Gasteiger partial charge on any atom is -0.393 e. The lowest BCUT2D eigenvalue weighted by Gasteiger charge is -2.61. The van der Waals surface area contributed by atoms with Crippen molar-refractivity contribution in [2.45, 2.75) is 110 Å². The molecule has 0 aromatic heterocycles. The topological polar surface area (TPSA) is 41.5 Å². The highest BCUT2D eigenvalue weighted by molar-refractivity contribution is 5.16. The summed E-state index contributed by atoms with van der Waals surface area (Å²) in [5.41, 5.74) is 0.919. The third-order valence-corrected chi connectivity index (χ3v) is 12.1. The Bertz CT molecular complexity index is 686. The predicted octanol–water partition coefficient (Wildman–Crippen LogP) is 5.37. The molecule has 3 nitrogen and oxygen atoms in total. The molecule has 2 heterocycles. The summed E-state index contributed by atoms with van der Waals surface area (Å²) in [6.07, 6.45) is 13.2. The average Bonchev–Trinajstić information content (AvgIpc) is 3.16. The molecule has 170 valence electrons. The normalized spacial score (nSPS) is 62.5. The van der Waals surface area contributed by atoms with Gasteiger partial charge in [0.2, 0.25) is 0 Å². The van der Waals surface area contributed by atoms with Crippen molar-refractivity contribution < 1.29 is 9.84 Å². The second-order valence-corrected chi connectivity index (χ2v) is 13.3. The van der Waals surface area contributed by atoms with Crippen LogP contribution in [-0.2, 0) is 4.74 Å². The molecular formula is C27H45NO2. The minimum absolute atomic E-state index is 0.0319. The van der Waals surface area contributed by atoms with Crippen LogP contribution in [0.4, 0.5) is 0 Å². The van der Waals surface area contributed by atoms with Crippen molar-refractivity contribution in [2.75, 3.05) is 6.54 Å². The molecule has 12 atom stereocenters. The van der Waals surface area contributed by atoms with Crippen LogP contribution in [0, 0.1) is 52.3 Å². The second-order valence-electron chi connectivity index (χ2n) is 13.3. The third kappa shape index (κ3) is 2.61. The number of aliphatic hydroxyl groups excluding tert-OH is 1. The summed E-state index contributed by atoms with van der Waals surface area (Å²) in [6.45, 7) is 11.3. The Labute approximate surface area is 184 Å². The van der Waals surface area contributed by atoms with E-state index in [9.17, 15) is 5.11 Å². The zero-order chi connectivity index (χ0) is 20.9. The first kappa shape index (κ1) is 20.5. The van der Waals surface area contributed by atoms with Gasteiger partial charge in [-0.05, 0) is 111 Å². The number of piperidine rings is 1. The first-order valence-electron chi connectivity index (χ1n) is 13.4. The van der Waals surface area contributed by atoms with Crippen LogP contribution in [0.3, 0.4) is 0 Å². The Morgan fingerprint density at radius 2 is 1.67 bits per heavy atom. The van der Waals surface area contributed by atoms with Crippen LogP contribution in [0.5, 0.6) is 0 Å². The van der Waals surface area contributed by atoms with Crippen molar-refractivity contribution in [2.24, 2.45) is 52.3 Å². The van der Waals surface area contributed by atoms with E-state index in [-0.39, 0.29) is 11.8 Å². The minimum atomic E-state index is -0.0320. The molecule has 2 N–H and O–H groups in total. The van der Waals surface area contributed by atoms with Crippen LogP contribution in [0.15, 0.2) is 0 Å². The summed E-state index contributed by atoms with van der Waals surface area (Å²) in [4.78, 5) is 0. The monoisotopic (exact) mass is 415 g/mol. The van der Waals surface area contributed by atoms with Gasteiger partial charge in [0.05, 0.1) is 12.2 Å². The van der Waals surface area contributed by atoms with E-state index in [0.29, 0.717) is 22.9 Å². The summed E-state index contributed by atoms with van der Waals surface area (Å²) >= 11 is 0. The zero-order valence-corrected chi connectivity index (χ0v) is 19.8. The van der Waals surface area contributed by atoms with Crippen LogP contribution in [0.2, 0.25) is 0 Å². The van der Waals surface area contributed by atoms with Crippen LogP contribution >= 0.6 is 0 Å². The fourth-order valence-corrected chi connectivity index (χ4v) is 10.4. The van der Waals surface area contributed by atoms with Crippen molar-refractivity contribution in [3.8, 4) is 0 Å². The maximum absolute atomic E-state index is 10.3. The Balaban J connectivity index is 1.26. The van der Waals surface area contributed by atoms with Gasteiger partial charge in [-0.3, -0.25) is 5.32 Å². The van der Waals surface area contributed by atoms with Crippen LogP contribution in [0.1, 0.15) is 91.9 Å². The summed E-state index contributed by atoms with van der Waals surface area (Å²) in [6, 6.07) is 0. The van der Waals surface area contributed by atoms with Crippen molar-refractivity contribution in [1.82, 2.24) is 5.32 Å². The molecule has 6 aliphatic rings. The van der Waals surface area contributed by atoms with Crippen LogP contribution in [-0.4, -0.2) is 29.6 Å². The van der Waals surface area contributed by atoms with E-state index in [0.717, 1.165) is 54.9 Å². The van der Waals surface area contributed by atoms with Crippen LogP contribution < -0.4 is 5.32 Å². The van der Waals surface area contributed by atoms with E-state index in [2.05, 4.69) is 33.0 Å². The third-order valence-electron chi connectivity index (χ3n) is 12.1. The van der Waals surface area contributed by atoms with Gasteiger partial charge in [-0.2, -0.15) is 0 Å². The second kappa shape index (κ2) is 6.70. The lowest BCUT2D eigenvalue weighted by atomic mass is 9.44. The van der Waals surface area contributed by atoms with Crippen LogP contribution in [0.25, 0.3) is 0 Å². The molecule has 6 rings (SSSR count). The largest absolute Gasteiger partial charge is 0.393 e. The summed E-state index contributed by atoms with van der Waals surface area (Å²) < 4.78 is 7.01. The van der Waals surface area contributed by atoms with E-state index in [1.165, 1.54) is 51.4 Å². The number of ether oxygens (including phenoxy) is 1. The Hall–Kier alpha value is -0.120. The van der Waals surface area contributed by atoms with Crippen molar-refractivity contribution in [3.05, 3.63) is 0 Å². The molecule has 2 saturated heterocycles. The Morgan fingerprint density at radius 1 is 0.867 bits per heavy atom. The van der Waals surface area contributed by atoms with Gasteiger partial charge in [0.1, 0.15) is 5.72 Å². The van der Waals surface area contributed by atoms with Crippen molar-refractivity contribution in [3.63, 3.8) is 0 Å². The molecule has 0 amide bonds. The van der Waals surface area contributed by atoms with Gasteiger partial charge in [0.25, 0.3) is 0 Å². The van der Waals surface area contributed by atoms with Crippen molar-refractivity contribution in [1.29, 1.82) is 0 Å². The van der Waals surface area contributed by atoms with E-state index >= 15 is 0 Å². The van der Waals surface area contributed by atoms with E-state index in [1.54, 1.807) is 0 Å². The fourth-order valence-electron chi connectivity index (χ4n) is 10.4. The standard InChI is InChI=1S/C27H45NO2/c1-16-7-12-27(28-15-16)17(2)24-23(30-27)14-22-20-6-5-18-13-19(29)8-10-25(18,3)21(20)9-11-26(22,24)4/h16-24,28-29H,5-15H2,1-4H3/t16-,17-,18+,19+,20-,21+,22+,23+,24+,25+,26+,27-/m1/s1. The average molecular weight is 416 g/mol. The highest BCUT2D eigenvalue weighted by Crippen LogP contribution is 2.71. The maximum atomic E-state index is 10.3. The highest BCUT2D eigenvalue weighted by Gasteiger charge is 2.68. The van der Waals surface area contributed by atoms with Gasteiger partial charge in [-0.25, -0.2) is 0 Å². The van der Waals surface area contributed by atoms with Gasteiger partial charge in [0.15, 0.2) is 0 Å². The number of aliphatic hydroxyl groups is 1. The maximum Gasteiger partial charge on any atom is 0.122 e. The zero-order valence-electron chi connectivity index (χ0n) is 19.8. The highest BCUT2D eigenvalue weighted by atomic mass is 16.5. The molecule has 0 radical (unpaired) electrons. The quantitative estimate of drug-likeness (QED) is 0.559. The predicted molar refractivity (Wildman–Crippen MR) is 120 cm³/mol. The summed E-state index contributed by atoms with van der Waals surface area (Å²) in [5.74, 6) is 5.57. The smallest absolute Gasteiger partial charge is 0.122 e. The molecule has 1 spiro atoms. The summed E-state index contributed by atoms with van der Waals surface area (Å²) in [5, 5.41) is 14.2. The molecule has 4 aliphatic carbocycles. The molecule has 0 aromatic carbocycles. The van der Waals surface area contributed by atoms with Gasteiger partial charge in [0, 0.05) is 12.5 Å². The molecule has 0 unspecified atom stereocenters. The molecular weight excluding hydrogens is 370 g/mol. The number of rotatable bonds is 0. The first-order valence-corrected chi connectivity index (χ1v) is 13.4. The number of nitrogens with one attached hydrogen (secondary N) is 1. The van der Waals surface area contributed by atoms with Crippen molar-refractivity contribution >= 4 is 0 Å². The lowest BCUT2D eigenvalue weighted by molar-refractivity contribution is -0.140. The number of fused-ring (bicyclic) bond motifs is 7. The van der Waals surface area contributed by atoms with Gasteiger partial charge >= 0.3 is 0 Å². The molecule has 6 fully saturated rings.